The zero-order chi connectivity index (χ0) is 19.4. The van der Waals surface area contributed by atoms with Crippen LogP contribution in [0.4, 0.5) is 5.82 Å². The lowest BCUT2D eigenvalue weighted by Gasteiger charge is -2.30. The van der Waals surface area contributed by atoms with Crippen molar-refractivity contribution in [2.24, 2.45) is 23.7 Å². The minimum atomic E-state index is -0.267. The van der Waals surface area contributed by atoms with Crippen molar-refractivity contribution in [1.82, 2.24) is 19.5 Å². The van der Waals surface area contributed by atoms with Gasteiger partial charge < -0.3 is 15.4 Å². The molecule has 0 aliphatic heterocycles. The molecule has 4 saturated carbocycles. The fourth-order valence-electron chi connectivity index (χ4n) is 6.36. The highest BCUT2D eigenvalue weighted by Gasteiger charge is 2.55. The van der Waals surface area contributed by atoms with Crippen molar-refractivity contribution in [3.05, 3.63) is 16.3 Å². The lowest BCUT2D eigenvalue weighted by molar-refractivity contribution is 0.244. The molecule has 7 heteroatoms. The predicted molar refractivity (Wildman–Crippen MR) is 108 cm³/mol. The van der Waals surface area contributed by atoms with Gasteiger partial charge in [0.1, 0.15) is 11.3 Å². The summed E-state index contributed by atoms with van der Waals surface area (Å²) in [4.78, 5) is 25.6. The first-order chi connectivity index (χ1) is 13.6. The average Bonchev–Trinajstić information content (AvgIpc) is 3.31. The van der Waals surface area contributed by atoms with Gasteiger partial charge in [0.15, 0.2) is 11.5 Å². The summed E-state index contributed by atoms with van der Waals surface area (Å²) < 4.78 is 1.70. The molecule has 2 aromatic heterocycles. The van der Waals surface area contributed by atoms with Crippen molar-refractivity contribution in [2.45, 2.75) is 70.9 Å². The molecule has 4 fully saturated rings. The van der Waals surface area contributed by atoms with Gasteiger partial charge in [-0.05, 0) is 62.2 Å². The van der Waals surface area contributed by atoms with Crippen LogP contribution in [0.3, 0.4) is 0 Å². The number of nitrogens with zero attached hydrogens (tertiary/aromatic N) is 3. The third kappa shape index (κ3) is 2.70. The maximum absolute atomic E-state index is 12.7. The summed E-state index contributed by atoms with van der Waals surface area (Å²) in [5.74, 6) is 5.36. The van der Waals surface area contributed by atoms with E-state index in [-0.39, 0.29) is 18.3 Å². The van der Waals surface area contributed by atoms with Crippen molar-refractivity contribution in [3.8, 4) is 0 Å². The van der Waals surface area contributed by atoms with Crippen LogP contribution in [0, 0.1) is 23.7 Å². The van der Waals surface area contributed by atoms with Crippen LogP contribution < -0.4 is 11.0 Å². The number of aryl methyl sites for hydroxylation is 1. The number of fused-ring (bicyclic) bond motifs is 1. The molecule has 0 saturated heterocycles. The number of hydrogen-bond donors (Lipinski definition) is 3. The van der Waals surface area contributed by atoms with Crippen molar-refractivity contribution in [3.63, 3.8) is 0 Å². The fraction of sp³-hybridized carbons (Fsp3) is 0.762. The zero-order valence-corrected chi connectivity index (χ0v) is 16.8. The van der Waals surface area contributed by atoms with Crippen LogP contribution in [0.5, 0.6) is 0 Å². The number of hydrogen-bond acceptors (Lipinski definition) is 5. The Bertz CT molecular complexity index is 927. The van der Waals surface area contributed by atoms with E-state index in [1.807, 2.05) is 6.92 Å². The minimum absolute atomic E-state index is 0.00849. The Morgan fingerprint density at radius 3 is 2.75 bits per heavy atom. The molecule has 0 amide bonds. The van der Waals surface area contributed by atoms with E-state index in [0.717, 1.165) is 47.9 Å². The van der Waals surface area contributed by atoms with Crippen molar-refractivity contribution >= 4 is 17.0 Å². The van der Waals surface area contributed by atoms with Gasteiger partial charge in [-0.2, -0.15) is 4.98 Å². The monoisotopic (exact) mass is 385 g/mol. The van der Waals surface area contributed by atoms with Gasteiger partial charge in [0.25, 0.3) is 0 Å². The Kier molecular flexibility index (Phi) is 4.45. The third-order valence-electron chi connectivity index (χ3n) is 7.51. The van der Waals surface area contributed by atoms with E-state index in [9.17, 15) is 9.90 Å². The van der Waals surface area contributed by atoms with Gasteiger partial charge in [0.2, 0.25) is 0 Å². The highest BCUT2D eigenvalue weighted by molar-refractivity contribution is 5.83. The van der Waals surface area contributed by atoms with E-state index in [1.54, 1.807) is 4.57 Å². The Balaban J connectivity index is 1.60. The van der Waals surface area contributed by atoms with E-state index in [2.05, 4.69) is 22.2 Å². The summed E-state index contributed by atoms with van der Waals surface area (Å²) in [5.41, 5.74) is 1.26. The molecule has 0 aromatic carbocycles. The number of aromatic nitrogens is 4. The average molecular weight is 386 g/mol. The number of H-pyrrole nitrogens is 1. The molecule has 7 nitrogen and oxygen atoms in total. The largest absolute Gasteiger partial charge is 0.394 e. The minimum Gasteiger partial charge on any atom is -0.394 e. The molecule has 0 spiro atoms. The first-order valence-corrected chi connectivity index (χ1v) is 11.0. The van der Waals surface area contributed by atoms with Crippen molar-refractivity contribution < 1.29 is 5.11 Å². The Morgan fingerprint density at radius 2 is 2.04 bits per heavy atom. The van der Waals surface area contributed by atoms with E-state index in [0.29, 0.717) is 23.9 Å². The Morgan fingerprint density at radius 1 is 1.21 bits per heavy atom. The molecule has 3 N–H and O–H groups in total. The van der Waals surface area contributed by atoms with Gasteiger partial charge in [-0.1, -0.05) is 13.8 Å². The van der Waals surface area contributed by atoms with Gasteiger partial charge in [0, 0.05) is 12.5 Å². The van der Waals surface area contributed by atoms with Crippen LogP contribution in [-0.2, 0) is 6.54 Å². The molecule has 4 aliphatic carbocycles. The standard InChI is InChI=1S/C21H31N5O2/c1-3-5-26-20-17(19(25-21(26)28)22-14(4-2)10-27)23-18(24-20)16-13-7-11-6-12(9-13)15(16)8-11/h11-16,27H,3-10H2,1-2H3,(H,23,24)(H,22,25,28). The van der Waals surface area contributed by atoms with E-state index < -0.39 is 0 Å². The van der Waals surface area contributed by atoms with Crippen molar-refractivity contribution in [2.75, 3.05) is 11.9 Å². The summed E-state index contributed by atoms with van der Waals surface area (Å²) in [5, 5.41) is 12.8. The molecule has 2 aromatic rings. The number of aliphatic hydroxyl groups is 1. The number of imidazole rings is 1. The van der Waals surface area contributed by atoms with Crippen LogP contribution in [0.25, 0.3) is 11.2 Å². The highest BCUT2D eigenvalue weighted by Crippen LogP contribution is 2.63. The van der Waals surface area contributed by atoms with Crippen molar-refractivity contribution in [1.29, 1.82) is 0 Å². The van der Waals surface area contributed by atoms with Gasteiger partial charge in [0.05, 0.1) is 12.6 Å². The molecule has 152 valence electrons. The molecule has 4 bridgehead atoms. The van der Waals surface area contributed by atoms with E-state index in [1.165, 1.54) is 25.7 Å². The maximum atomic E-state index is 12.7. The smallest absolute Gasteiger partial charge is 0.351 e. The maximum Gasteiger partial charge on any atom is 0.351 e. The molecule has 4 aliphatic rings. The molecule has 6 rings (SSSR count). The first kappa shape index (κ1) is 18.2. The molecule has 6 atom stereocenters. The van der Waals surface area contributed by atoms with Crippen LogP contribution in [-0.4, -0.2) is 37.3 Å². The van der Waals surface area contributed by atoms with E-state index in [4.69, 9.17) is 4.98 Å². The van der Waals surface area contributed by atoms with Gasteiger partial charge in [-0.25, -0.2) is 9.78 Å². The van der Waals surface area contributed by atoms with Crippen LogP contribution >= 0.6 is 0 Å². The summed E-state index contributed by atoms with van der Waals surface area (Å²) in [6.45, 7) is 4.69. The number of nitrogens with one attached hydrogen (secondary N) is 2. The Labute approximate surface area is 165 Å². The van der Waals surface area contributed by atoms with Gasteiger partial charge >= 0.3 is 5.69 Å². The zero-order valence-electron chi connectivity index (χ0n) is 16.8. The summed E-state index contributed by atoms with van der Waals surface area (Å²) >= 11 is 0. The van der Waals surface area contributed by atoms with Crippen LogP contribution in [0.2, 0.25) is 0 Å². The first-order valence-electron chi connectivity index (χ1n) is 11.0. The topological polar surface area (TPSA) is 95.8 Å². The Hall–Kier alpha value is -1.89. The third-order valence-corrected chi connectivity index (χ3v) is 7.51. The van der Waals surface area contributed by atoms with E-state index >= 15 is 0 Å². The number of rotatable bonds is 7. The molecular weight excluding hydrogens is 354 g/mol. The van der Waals surface area contributed by atoms with Crippen LogP contribution in [0.1, 0.15) is 64.1 Å². The molecule has 6 unspecified atom stereocenters. The quantitative estimate of drug-likeness (QED) is 0.681. The lowest BCUT2D eigenvalue weighted by Crippen LogP contribution is -2.29. The lowest BCUT2D eigenvalue weighted by atomic mass is 9.75. The predicted octanol–water partition coefficient (Wildman–Crippen LogP) is 2.86. The normalized spacial score (nSPS) is 31.8. The second-order valence-corrected chi connectivity index (χ2v) is 9.17. The number of aromatic amines is 1. The summed E-state index contributed by atoms with van der Waals surface area (Å²) in [7, 11) is 0. The SMILES string of the molecule is CCCn1c(=O)nc(NC(CC)CO)c2[nH]c(C3C4CC5CC(C4)C3C5)nc21. The highest BCUT2D eigenvalue weighted by atomic mass is 16.3. The molecular formula is C21H31N5O2. The summed E-state index contributed by atoms with van der Waals surface area (Å²) in [6, 6.07) is -0.123. The van der Waals surface area contributed by atoms with Crippen LogP contribution in [0.15, 0.2) is 4.79 Å². The van der Waals surface area contributed by atoms with Gasteiger partial charge in [-0.3, -0.25) is 4.57 Å². The summed E-state index contributed by atoms with van der Waals surface area (Å²) in [6.07, 6.45) is 7.05. The molecule has 0 radical (unpaired) electrons. The fourth-order valence-corrected chi connectivity index (χ4v) is 6.36. The van der Waals surface area contributed by atoms with Gasteiger partial charge in [-0.15, -0.1) is 0 Å². The number of anilines is 1. The molecule has 2 heterocycles. The second kappa shape index (κ2) is 6.87. The molecule has 28 heavy (non-hydrogen) atoms. The number of aliphatic hydroxyl groups excluding tert-OH is 1. The second-order valence-electron chi connectivity index (χ2n) is 9.17.